The Morgan fingerprint density at radius 1 is 1.19 bits per heavy atom. The first-order chi connectivity index (χ1) is 12.5. The minimum absolute atomic E-state index is 0.0164. The summed E-state index contributed by atoms with van der Waals surface area (Å²) in [5.41, 5.74) is 0.434. The molecule has 2 aromatic rings. The van der Waals surface area contributed by atoms with E-state index in [-0.39, 0.29) is 23.1 Å². The van der Waals surface area contributed by atoms with Crippen LogP contribution in [-0.4, -0.2) is 28.5 Å². The van der Waals surface area contributed by atoms with E-state index in [9.17, 15) is 19.7 Å². The van der Waals surface area contributed by atoms with Crippen molar-refractivity contribution in [2.45, 2.75) is 19.5 Å². The average molecular weight is 357 g/mol. The van der Waals surface area contributed by atoms with Crippen LogP contribution in [0.25, 0.3) is 0 Å². The van der Waals surface area contributed by atoms with Gasteiger partial charge in [-0.15, -0.1) is 0 Å². The fourth-order valence-corrected chi connectivity index (χ4v) is 3.20. The summed E-state index contributed by atoms with van der Waals surface area (Å²) in [6.45, 7) is 1.84. The molecular weight excluding hydrogens is 336 g/mol. The molecule has 0 unspecified atom stereocenters. The number of carbonyl (C=O) groups excluding carboxylic acids is 1. The van der Waals surface area contributed by atoms with E-state index in [1.807, 2.05) is 30.3 Å². The van der Waals surface area contributed by atoms with Gasteiger partial charge in [-0.1, -0.05) is 18.2 Å². The van der Waals surface area contributed by atoms with Gasteiger partial charge in [-0.3, -0.25) is 24.3 Å². The molecule has 2 N–H and O–H groups in total. The molecule has 1 aromatic heterocycles. The number of pyridine rings is 1. The second-order valence-electron chi connectivity index (χ2n) is 6.49. The Morgan fingerprint density at radius 2 is 1.88 bits per heavy atom. The predicted molar refractivity (Wildman–Crippen MR) is 95.8 cm³/mol. The summed E-state index contributed by atoms with van der Waals surface area (Å²) in [5, 5.41) is 13.8. The minimum atomic E-state index is -0.509. The van der Waals surface area contributed by atoms with Crippen molar-refractivity contribution >= 4 is 17.3 Å². The van der Waals surface area contributed by atoms with Gasteiger partial charge in [0.05, 0.1) is 24.2 Å². The molecule has 8 nitrogen and oxygen atoms in total. The predicted octanol–water partition coefficient (Wildman–Crippen LogP) is 0.648. The van der Waals surface area contributed by atoms with Crippen molar-refractivity contribution in [3.63, 3.8) is 0 Å². The van der Waals surface area contributed by atoms with E-state index in [0.717, 1.165) is 36.5 Å². The molecule has 1 saturated heterocycles. The molecule has 1 aliphatic heterocycles. The van der Waals surface area contributed by atoms with Crippen molar-refractivity contribution in [2.24, 2.45) is 5.92 Å². The molecule has 0 radical (unpaired) electrons. The number of amides is 1. The van der Waals surface area contributed by atoms with Crippen molar-refractivity contribution in [3.05, 3.63) is 69.1 Å². The second-order valence-corrected chi connectivity index (χ2v) is 6.49. The number of anilines is 1. The lowest BCUT2D eigenvalue weighted by molar-refractivity contribution is -0.928. The number of nitro groups is 1. The number of likely N-dealkylation sites (tertiary alicyclic amines) is 1. The summed E-state index contributed by atoms with van der Waals surface area (Å²) < 4.78 is 1.37. The number of benzene rings is 1. The quantitative estimate of drug-likeness (QED) is 0.606. The van der Waals surface area contributed by atoms with Gasteiger partial charge in [-0.25, -0.2) is 0 Å². The van der Waals surface area contributed by atoms with Gasteiger partial charge in [-0.2, -0.15) is 0 Å². The van der Waals surface area contributed by atoms with E-state index in [4.69, 9.17) is 0 Å². The molecule has 3 rings (SSSR count). The zero-order valence-corrected chi connectivity index (χ0v) is 14.3. The number of aromatic nitrogens is 1. The fraction of sp³-hybridized carbons (Fsp3) is 0.333. The van der Waals surface area contributed by atoms with Crippen LogP contribution in [0.4, 0.5) is 11.4 Å². The van der Waals surface area contributed by atoms with Crippen LogP contribution in [0.2, 0.25) is 0 Å². The van der Waals surface area contributed by atoms with Gasteiger partial charge in [0.25, 0.3) is 11.2 Å². The van der Waals surface area contributed by atoms with Crippen molar-refractivity contribution in [1.29, 1.82) is 0 Å². The maximum Gasteiger partial charge on any atom is 0.285 e. The van der Waals surface area contributed by atoms with E-state index < -0.39 is 4.92 Å². The minimum Gasteiger partial charge on any atom is -0.326 e. The van der Waals surface area contributed by atoms with Crippen LogP contribution in [0.5, 0.6) is 0 Å². The SMILES string of the molecule is O=C(Nc1ccccc1)C1CC[NH+](Cn2cc([N+](=O)[O-])ccc2=O)CC1. The smallest absolute Gasteiger partial charge is 0.285 e. The summed E-state index contributed by atoms with van der Waals surface area (Å²) in [6.07, 6.45) is 2.72. The number of hydrogen-bond acceptors (Lipinski definition) is 4. The molecule has 26 heavy (non-hydrogen) atoms. The first-order valence-corrected chi connectivity index (χ1v) is 8.57. The number of nitrogens with one attached hydrogen (secondary N) is 2. The Morgan fingerprint density at radius 3 is 2.54 bits per heavy atom. The summed E-state index contributed by atoms with van der Waals surface area (Å²) in [6, 6.07) is 11.8. The summed E-state index contributed by atoms with van der Waals surface area (Å²) >= 11 is 0. The Kier molecular flexibility index (Phi) is 5.43. The van der Waals surface area contributed by atoms with Gasteiger partial charge in [-0.05, 0) is 12.1 Å². The lowest BCUT2D eigenvalue weighted by Gasteiger charge is -2.28. The highest BCUT2D eigenvalue weighted by Crippen LogP contribution is 2.14. The second kappa shape index (κ2) is 7.92. The molecule has 0 spiro atoms. The van der Waals surface area contributed by atoms with Crippen LogP contribution in [-0.2, 0) is 11.5 Å². The molecule has 1 fully saturated rings. The molecule has 8 heteroatoms. The first-order valence-electron chi connectivity index (χ1n) is 8.57. The van der Waals surface area contributed by atoms with Crippen molar-refractivity contribution < 1.29 is 14.6 Å². The third-order valence-electron chi connectivity index (χ3n) is 4.68. The topological polar surface area (TPSA) is 98.7 Å². The third-order valence-corrected chi connectivity index (χ3v) is 4.68. The molecule has 1 amide bonds. The van der Waals surface area contributed by atoms with Crippen LogP contribution >= 0.6 is 0 Å². The highest BCUT2D eigenvalue weighted by atomic mass is 16.6. The first kappa shape index (κ1) is 17.8. The molecule has 1 aliphatic rings. The maximum atomic E-state index is 12.4. The van der Waals surface area contributed by atoms with Gasteiger partial charge in [0.1, 0.15) is 0 Å². The van der Waals surface area contributed by atoms with Crippen LogP contribution in [0.15, 0.2) is 53.5 Å². The number of rotatable bonds is 5. The third kappa shape index (κ3) is 4.34. The van der Waals surface area contributed by atoms with Crippen LogP contribution < -0.4 is 15.8 Å². The molecule has 0 saturated carbocycles. The highest BCUT2D eigenvalue weighted by molar-refractivity contribution is 5.92. The Bertz CT molecular complexity index is 842. The van der Waals surface area contributed by atoms with Crippen molar-refractivity contribution in [2.75, 3.05) is 18.4 Å². The van der Waals surface area contributed by atoms with Crippen molar-refractivity contribution in [3.8, 4) is 0 Å². The van der Waals surface area contributed by atoms with Gasteiger partial charge < -0.3 is 10.2 Å². The molecule has 2 heterocycles. The summed E-state index contributed by atoms with van der Waals surface area (Å²) in [7, 11) is 0. The number of para-hydroxylation sites is 1. The van der Waals surface area contributed by atoms with E-state index in [0.29, 0.717) is 6.67 Å². The maximum absolute atomic E-state index is 12.4. The largest absolute Gasteiger partial charge is 0.326 e. The van der Waals surface area contributed by atoms with Gasteiger partial charge >= 0.3 is 0 Å². The van der Waals surface area contributed by atoms with Crippen LogP contribution in [0.3, 0.4) is 0 Å². The lowest BCUT2D eigenvalue weighted by atomic mass is 9.96. The van der Waals surface area contributed by atoms with Gasteiger partial charge in [0.2, 0.25) is 5.91 Å². The average Bonchev–Trinajstić information content (AvgIpc) is 2.64. The molecule has 136 valence electrons. The zero-order valence-electron chi connectivity index (χ0n) is 14.3. The Balaban J connectivity index is 1.56. The Hall–Kier alpha value is -3.00. The van der Waals surface area contributed by atoms with Gasteiger partial charge in [0.15, 0.2) is 6.67 Å². The van der Waals surface area contributed by atoms with E-state index in [1.165, 1.54) is 22.9 Å². The van der Waals surface area contributed by atoms with E-state index in [1.54, 1.807) is 0 Å². The molecule has 0 aliphatic carbocycles. The fourth-order valence-electron chi connectivity index (χ4n) is 3.20. The summed E-state index contributed by atoms with van der Waals surface area (Å²) in [4.78, 5) is 35.8. The van der Waals surface area contributed by atoms with Gasteiger partial charge in [0, 0.05) is 36.6 Å². The van der Waals surface area contributed by atoms with Crippen LogP contribution in [0.1, 0.15) is 12.8 Å². The molecule has 0 atom stereocenters. The molecular formula is C18H21N4O4+. The normalized spacial score (nSPS) is 19.7. The number of piperidine rings is 1. The lowest BCUT2D eigenvalue weighted by Crippen LogP contribution is -3.12. The number of carbonyl (C=O) groups is 1. The van der Waals surface area contributed by atoms with Crippen molar-refractivity contribution in [1.82, 2.24) is 4.57 Å². The zero-order chi connectivity index (χ0) is 18.5. The van der Waals surface area contributed by atoms with Crippen LogP contribution in [0, 0.1) is 16.0 Å². The van der Waals surface area contributed by atoms with E-state index in [2.05, 4.69) is 5.32 Å². The number of hydrogen-bond donors (Lipinski definition) is 2. The number of nitrogens with zero attached hydrogens (tertiary/aromatic N) is 2. The Labute approximate surface area is 150 Å². The number of quaternary nitrogens is 1. The monoisotopic (exact) mass is 357 g/mol. The summed E-state index contributed by atoms with van der Waals surface area (Å²) in [5.74, 6) is -0.0384. The molecule has 0 bridgehead atoms. The highest BCUT2D eigenvalue weighted by Gasteiger charge is 2.27. The molecule has 1 aromatic carbocycles. The van der Waals surface area contributed by atoms with E-state index >= 15 is 0 Å². The standard InChI is InChI=1S/C18H20N4O4/c23-17-7-6-16(22(25)26)12-21(17)13-20-10-8-14(9-11-20)18(24)19-15-4-2-1-3-5-15/h1-7,12,14H,8-11,13H2,(H,19,24)/p+1.